The molecule has 2 rings (SSSR count). The second-order valence-electron chi connectivity index (χ2n) is 4.19. The van der Waals surface area contributed by atoms with Gasteiger partial charge in [0.05, 0.1) is 12.7 Å². The van der Waals surface area contributed by atoms with Gasteiger partial charge in [0.2, 0.25) is 0 Å². The number of ether oxygens (including phenoxy) is 2. The monoisotopic (exact) mass is 234 g/mol. The molecule has 0 aromatic heterocycles. The van der Waals surface area contributed by atoms with E-state index in [1.807, 2.05) is 25.1 Å². The highest BCUT2D eigenvalue weighted by Crippen LogP contribution is 2.29. The Balaban J connectivity index is 2.01. The molecule has 0 spiro atoms. The maximum absolute atomic E-state index is 11.7. The van der Waals surface area contributed by atoms with Crippen LogP contribution in [0.5, 0.6) is 0 Å². The minimum atomic E-state index is -0.0899. The fraction of sp³-hybridized carbons (Fsp3) is 0.500. The molecular formula is C14H18O3. The summed E-state index contributed by atoms with van der Waals surface area (Å²) in [4.78, 5) is 11.7. The smallest absolute Gasteiger partial charge is 0.161 e. The first-order valence-corrected chi connectivity index (χ1v) is 6.10. The lowest BCUT2D eigenvalue weighted by Gasteiger charge is -2.25. The van der Waals surface area contributed by atoms with Gasteiger partial charge in [0.1, 0.15) is 6.61 Å². The number of benzene rings is 1. The molecule has 1 aliphatic heterocycles. The van der Waals surface area contributed by atoms with Crippen molar-refractivity contribution in [3.05, 3.63) is 35.4 Å². The van der Waals surface area contributed by atoms with Crippen molar-refractivity contribution in [1.82, 2.24) is 0 Å². The third kappa shape index (κ3) is 3.14. The molecule has 0 N–H and O–H groups in total. The molecule has 0 bridgehead atoms. The summed E-state index contributed by atoms with van der Waals surface area (Å²) in [5, 5.41) is 0. The van der Waals surface area contributed by atoms with Crippen molar-refractivity contribution in [1.29, 1.82) is 0 Å². The van der Waals surface area contributed by atoms with Gasteiger partial charge in [-0.05, 0) is 24.5 Å². The minimum absolute atomic E-state index is 0.0899. The summed E-state index contributed by atoms with van der Waals surface area (Å²) in [5.41, 5.74) is 2.46. The van der Waals surface area contributed by atoms with E-state index in [4.69, 9.17) is 9.47 Å². The average molecular weight is 234 g/mol. The Hall–Kier alpha value is -1.19. The van der Waals surface area contributed by atoms with Crippen molar-refractivity contribution in [2.24, 2.45) is 0 Å². The number of rotatable bonds is 5. The number of hydrogen-bond acceptors (Lipinski definition) is 3. The van der Waals surface area contributed by atoms with Crippen molar-refractivity contribution in [2.45, 2.75) is 25.9 Å². The van der Waals surface area contributed by atoms with Crippen LogP contribution in [-0.2, 0) is 20.7 Å². The fourth-order valence-electron chi connectivity index (χ4n) is 2.13. The molecule has 3 nitrogen and oxygen atoms in total. The van der Waals surface area contributed by atoms with E-state index in [0.717, 1.165) is 12.0 Å². The first kappa shape index (κ1) is 12.3. The molecule has 92 valence electrons. The molecule has 0 amide bonds. The van der Waals surface area contributed by atoms with Crippen molar-refractivity contribution >= 4 is 5.78 Å². The molecule has 0 fully saturated rings. The third-order valence-electron chi connectivity index (χ3n) is 2.97. The van der Waals surface area contributed by atoms with Gasteiger partial charge in [-0.3, -0.25) is 4.79 Å². The van der Waals surface area contributed by atoms with Gasteiger partial charge in [-0.1, -0.05) is 24.3 Å². The summed E-state index contributed by atoms with van der Waals surface area (Å²) >= 11 is 0. The van der Waals surface area contributed by atoms with E-state index < -0.39 is 0 Å². The number of carbonyl (C=O) groups is 1. The van der Waals surface area contributed by atoms with Gasteiger partial charge >= 0.3 is 0 Å². The van der Waals surface area contributed by atoms with Crippen LogP contribution in [0, 0.1) is 0 Å². The maximum atomic E-state index is 11.7. The van der Waals surface area contributed by atoms with Crippen LogP contribution >= 0.6 is 0 Å². The molecule has 1 heterocycles. The van der Waals surface area contributed by atoms with Gasteiger partial charge in [0.25, 0.3) is 0 Å². The molecule has 1 aromatic carbocycles. The molecule has 1 unspecified atom stereocenters. The Morgan fingerprint density at radius 3 is 3.12 bits per heavy atom. The maximum Gasteiger partial charge on any atom is 0.161 e. The summed E-state index contributed by atoms with van der Waals surface area (Å²) < 4.78 is 10.8. The number of hydrogen-bond donors (Lipinski definition) is 0. The fourth-order valence-corrected chi connectivity index (χ4v) is 2.13. The van der Waals surface area contributed by atoms with Crippen LogP contribution in [0.3, 0.4) is 0 Å². The molecule has 0 aliphatic carbocycles. The number of fused-ring (bicyclic) bond motifs is 1. The topological polar surface area (TPSA) is 35.5 Å². The number of ketones is 1. The molecule has 0 saturated heterocycles. The molecule has 3 heteroatoms. The molecule has 0 radical (unpaired) electrons. The second kappa shape index (κ2) is 5.94. The predicted molar refractivity (Wildman–Crippen MR) is 65.0 cm³/mol. The molecule has 1 atom stereocenters. The standard InChI is InChI=1S/C14H18O3/c1-2-16-10-12(15)9-14-13-6-4-3-5-11(13)7-8-17-14/h3-6,14H,2,7-10H2,1H3. The van der Waals surface area contributed by atoms with Crippen LogP contribution < -0.4 is 0 Å². The van der Waals surface area contributed by atoms with Crippen molar-refractivity contribution in [3.63, 3.8) is 0 Å². The van der Waals surface area contributed by atoms with E-state index in [1.54, 1.807) is 0 Å². The van der Waals surface area contributed by atoms with Crippen LogP contribution in [0.2, 0.25) is 0 Å². The molecule has 0 saturated carbocycles. The highest BCUT2D eigenvalue weighted by molar-refractivity contribution is 5.80. The highest BCUT2D eigenvalue weighted by atomic mass is 16.5. The van der Waals surface area contributed by atoms with Crippen LogP contribution in [0.4, 0.5) is 0 Å². The molecule has 17 heavy (non-hydrogen) atoms. The van der Waals surface area contributed by atoms with E-state index in [2.05, 4.69) is 6.07 Å². The van der Waals surface area contributed by atoms with E-state index >= 15 is 0 Å². The third-order valence-corrected chi connectivity index (χ3v) is 2.97. The average Bonchev–Trinajstić information content (AvgIpc) is 2.37. The first-order chi connectivity index (χ1) is 8.31. The lowest BCUT2D eigenvalue weighted by Crippen LogP contribution is -2.21. The lowest BCUT2D eigenvalue weighted by atomic mass is 9.95. The first-order valence-electron chi connectivity index (χ1n) is 6.10. The second-order valence-corrected chi connectivity index (χ2v) is 4.19. The van der Waals surface area contributed by atoms with E-state index in [0.29, 0.717) is 19.6 Å². The summed E-state index contributed by atoms with van der Waals surface area (Å²) in [5.74, 6) is 0.105. The Labute approximate surface area is 102 Å². The largest absolute Gasteiger partial charge is 0.374 e. The summed E-state index contributed by atoms with van der Waals surface area (Å²) in [6.45, 7) is 3.36. The van der Waals surface area contributed by atoms with Crippen molar-refractivity contribution in [3.8, 4) is 0 Å². The predicted octanol–water partition coefficient (Wildman–Crippen LogP) is 2.30. The van der Waals surface area contributed by atoms with Crippen molar-refractivity contribution in [2.75, 3.05) is 19.8 Å². The van der Waals surface area contributed by atoms with Crippen molar-refractivity contribution < 1.29 is 14.3 Å². The van der Waals surface area contributed by atoms with Crippen LogP contribution in [0.15, 0.2) is 24.3 Å². The zero-order valence-corrected chi connectivity index (χ0v) is 10.1. The van der Waals surface area contributed by atoms with Gasteiger partial charge in [-0.2, -0.15) is 0 Å². The summed E-state index contributed by atoms with van der Waals surface area (Å²) in [7, 11) is 0. The van der Waals surface area contributed by atoms with Gasteiger partial charge in [-0.15, -0.1) is 0 Å². The Kier molecular flexibility index (Phi) is 4.29. The summed E-state index contributed by atoms with van der Waals surface area (Å²) in [6.07, 6.45) is 1.26. The highest BCUT2D eigenvalue weighted by Gasteiger charge is 2.22. The Morgan fingerprint density at radius 2 is 2.29 bits per heavy atom. The normalized spacial score (nSPS) is 18.8. The number of carbonyl (C=O) groups excluding carboxylic acids is 1. The zero-order valence-electron chi connectivity index (χ0n) is 10.1. The van der Waals surface area contributed by atoms with Crippen LogP contribution in [-0.4, -0.2) is 25.6 Å². The molecule has 1 aliphatic rings. The van der Waals surface area contributed by atoms with E-state index in [1.165, 1.54) is 5.56 Å². The zero-order chi connectivity index (χ0) is 12.1. The number of Topliss-reactive ketones (excluding diaryl/α,β-unsaturated/α-hetero) is 1. The molecule has 1 aromatic rings. The Morgan fingerprint density at radius 1 is 1.47 bits per heavy atom. The van der Waals surface area contributed by atoms with Crippen LogP contribution in [0.25, 0.3) is 0 Å². The quantitative estimate of drug-likeness (QED) is 0.784. The van der Waals surface area contributed by atoms with Gasteiger partial charge in [0.15, 0.2) is 5.78 Å². The summed E-state index contributed by atoms with van der Waals surface area (Å²) in [6, 6.07) is 8.18. The SMILES string of the molecule is CCOCC(=O)CC1OCCc2ccccc21. The lowest BCUT2D eigenvalue weighted by molar-refractivity contribution is -0.126. The van der Waals surface area contributed by atoms with Crippen LogP contribution in [0.1, 0.15) is 30.6 Å². The van der Waals surface area contributed by atoms with Gasteiger partial charge in [0, 0.05) is 13.0 Å². The van der Waals surface area contributed by atoms with Gasteiger partial charge in [-0.25, -0.2) is 0 Å². The molecular weight excluding hydrogens is 216 g/mol. The van der Waals surface area contributed by atoms with E-state index in [-0.39, 0.29) is 18.5 Å². The van der Waals surface area contributed by atoms with Gasteiger partial charge < -0.3 is 9.47 Å². The minimum Gasteiger partial charge on any atom is -0.374 e. The van der Waals surface area contributed by atoms with E-state index in [9.17, 15) is 4.79 Å². The Bertz CT molecular complexity index is 387.